The quantitative estimate of drug-likeness (QED) is 0.584. The summed E-state index contributed by atoms with van der Waals surface area (Å²) < 4.78 is 13.0. The van der Waals surface area contributed by atoms with Crippen LogP contribution in [0.15, 0.2) is 24.3 Å². The Morgan fingerprint density at radius 2 is 2.20 bits per heavy atom. The van der Waals surface area contributed by atoms with Gasteiger partial charge in [-0.2, -0.15) is 0 Å². The number of benzene rings is 1. The molecule has 1 heterocycles. The molecule has 0 aliphatic heterocycles. The van der Waals surface area contributed by atoms with Crippen LogP contribution in [0.2, 0.25) is 0 Å². The van der Waals surface area contributed by atoms with Gasteiger partial charge < -0.3 is 5.43 Å². The van der Waals surface area contributed by atoms with Gasteiger partial charge in [0.15, 0.2) is 0 Å². The Morgan fingerprint density at radius 1 is 1.40 bits per heavy atom. The van der Waals surface area contributed by atoms with Crippen molar-refractivity contribution in [1.82, 2.24) is 4.98 Å². The Morgan fingerprint density at radius 3 is 2.87 bits per heavy atom. The standard InChI is InChI=1S/C11H12FN3/c1-2-9-11(15-13)6-7-5-8(12)3-4-10(7)14-9/h3-6,15H,2,13H2,1H3. The smallest absolute Gasteiger partial charge is 0.123 e. The molecule has 3 nitrogen and oxygen atoms in total. The molecule has 2 aromatic rings. The van der Waals surface area contributed by atoms with Crippen molar-refractivity contribution >= 4 is 16.6 Å². The van der Waals surface area contributed by atoms with Crippen LogP contribution in [0.5, 0.6) is 0 Å². The highest BCUT2D eigenvalue weighted by Gasteiger charge is 2.04. The number of pyridine rings is 1. The van der Waals surface area contributed by atoms with Gasteiger partial charge in [0.2, 0.25) is 0 Å². The van der Waals surface area contributed by atoms with Crippen molar-refractivity contribution in [2.24, 2.45) is 5.84 Å². The van der Waals surface area contributed by atoms with E-state index >= 15 is 0 Å². The lowest BCUT2D eigenvalue weighted by atomic mass is 10.1. The third-order valence-corrected chi connectivity index (χ3v) is 2.35. The SMILES string of the molecule is CCc1nc2ccc(F)cc2cc1NN. The normalized spacial score (nSPS) is 10.6. The molecule has 0 aliphatic rings. The van der Waals surface area contributed by atoms with Crippen molar-refractivity contribution in [3.05, 3.63) is 35.8 Å². The van der Waals surface area contributed by atoms with E-state index in [-0.39, 0.29) is 5.82 Å². The number of aryl methyl sites for hydroxylation is 1. The zero-order valence-electron chi connectivity index (χ0n) is 8.42. The van der Waals surface area contributed by atoms with Crippen LogP contribution in [0.25, 0.3) is 10.9 Å². The molecule has 0 atom stereocenters. The lowest BCUT2D eigenvalue weighted by molar-refractivity contribution is 0.629. The second kappa shape index (κ2) is 3.82. The summed E-state index contributed by atoms with van der Waals surface area (Å²) in [6, 6.07) is 6.33. The van der Waals surface area contributed by atoms with E-state index < -0.39 is 0 Å². The zero-order chi connectivity index (χ0) is 10.8. The van der Waals surface area contributed by atoms with Crippen LogP contribution in [-0.4, -0.2) is 4.98 Å². The van der Waals surface area contributed by atoms with E-state index in [1.54, 1.807) is 6.07 Å². The minimum absolute atomic E-state index is 0.267. The van der Waals surface area contributed by atoms with Crippen molar-refractivity contribution in [1.29, 1.82) is 0 Å². The second-order valence-electron chi connectivity index (χ2n) is 3.32. The van der Waals surface area contributed by atoms with Crippen molar-refractivity contribution in [3.63, 3.8) is 0 Å². The Bertz CT molecular complexity index is 496. The van der Waals surface area contributed by atoms with Gasteiger partial charge in [-0.15, -0.1) is 0 Å². The number of fused-ring (bicyclic) bond motifs is 1. The maximum Gasteiger partial charge on any atom is 0.123 e. The van der Waals surface area contributed by atoms with Crippen molar-refractivity contribution in [2.45, 2.75) is 13.3 Å². The molecule has 4 heteroatoms. The van der Waals surface area contributed by atoms with Crippen molar-refractivity contribution in [2.75, 3.05) is 5.43 Å². The number of nitrogens with one attached hydrogen (secondary N) is 1. The summed E-state index contributed by atoms with van der Waals surface area (Å²) in [5.41, 5.74) is 4.99. The topological polar surface area (TPSA) is 50.9 Å². The molecule has 0 aliphatic carbocycles. The van der Waals surface area contributed by atoms with Gasteiger partial charge in [0, 0.05) is 5.39 Å². The Labute approximate surface area is 87.1 Å². The van der Waals surface area contributed by atoms with Crippen LogP contribution in [0.3, 0.4) is 0 Å². The molecule has 0 bridgehead atoms. The summed E-state index contributed by atoms with van der Waals surface area (Å²) in [6.07, 6.45) is 0.785. The number of aromatic nitrogens is 1. The molecule has 0 radical (unpaired) electrons. The number of hydrogen-bond acceptors (Lipinski definition) is 3. The Balaban J connectivity index is 2.69. The second-order valence-corrected chi connectivity index (χ2v) is 3.32. The number of halogens is 1. The highest BCUT2D eigenvalue weighted by Crippen LogP contribution is 2.21. The fourth-order valence-corrected chi connectivity index (χ4v) is 1.58. The minimum Gasteiger partial charge on any atom is -0.322 e. The molecule has 0 saturated heterocycles. The minimum atomic E-state index is -0.267. The highest BCUT2D eigenvalue weighted by atomic mass is 19.1. The van der Waals surface area contributed by atoms with E-state index in [1.165, 1.54) is 12.1 Å². The van der Waals surface area contributed by atoms with E-state index in [4.69, 9.17) is 5.84 Å². The van der Waals surface area contributed by atoms with Gasteiger partial charge in [0.1, 0.15) is 5.82 Å². The number of anilines is 1. The molecule has 0 unspecified atom stereocenters. The summed E-state index contributed by atoms with van der Waals surface area (Å²) >= 11 is 0. The molecule has 1 aromatic carbocycles. The molecule has 0 amide bonds. The largest absolute Gasteiger partial charge is 0.322 e. The number of nitrogen functional groups attached to an aromatic ring is 1. The molecule has 0 spiro atoms. The van der Waals surface area contributed by atoms with Crippen molar-refractivity contribution in [3.8, 4) is 0 Å². The van der Waals surface area contributed by atoms with E-state index in [0.717, 1.165) is 28.7 Å². The number of hydrogen-bond donors (Lipinski definition) is 2. The van der Waals surface area contributed by atoms with Gasteiger partial charge in [0.05, 0.1) is 16.9 Å². The zero-order valence-corrected chi connectivity index (χ0v) is 8.42. The Kier molecular flexibility index (Phi) is 2.51. The lowest BCUT2D eigenvalue weighted by Gasteiger charge is -2.08. The summed E-state index contributed by atoms with van der Waals surface area (Å²) in [4.78, 5) is 4.40. The van der Waals surface area contributed by atoms with Crippen molar-refractivity contribution < 1.29 is 4.39 Å². The average Bonchev–Trinajstić information content (AvgIpc) is 2.27. The predicted octanol–water partition coefficient (Wildman–Crippen LogP) is 2.22. The van der Waals surface area contributed by atoms with E-state index in [9.17, 15) is 4.39 Å². The van der Waals surface area contributed by atoms with Gasteiger partial charge in [-0.25, -0.2) is 4.39 Å². The van der Waals surface area contributed by atoms with Gasteiger partial charge in [-0.3, -0.25) is 10.8 Å². The monoisotopic (exact) mass is 205 g/mol. The fraction of sp³-hybridized carbons (Fsp3) is 0.182. The van der Waals surface area contributed by atoms with Gasteiger partial charge in [0.25, 0.3) is 0 Å². The Hall–Kier alpha value is -1.68. The molecule has 3 N–H and O–H groups in total. The van der Waals surface area contributed by atoms with Crippen LogP contribution in [-0.2, 0) is 6.42 Å². The third kappa shape index (κ3) is 1.76. The van der Waals surface area contributed by atoms with Crippen LogP contribution in [0.1, 0.15) is 12.6 Å². The predicted molar refractivity (Wildman–Crippen MR) is 58.9 cm³/mol. The van der Waals surface area contributed by atoms with Crippen LogP contribution >= 0.6 is 0 Å². The first-order chi connectivity index (χ1) is 7.24. The number of nitrogens with two attached hydrogens (primary N) is 1. The molecule has 0 saturated carbocycles. The first-order valence-electron chi connectivity index (χ1n) is 4.80. The first-order valence-corrected chi connectivity index (χ1v) is 4.80. The van der Waals surface area contributed by atoms with Crippen LogP contribution in [0.4, 0.5) is 10.1 Å². The van der Waals surface area contributed by atoms with Gasteiger partial charge in [-0.1, -0.05) is 6.92 Å². The van der Waals surface area contributed by atoms with E-state index in [1.807, 2.05) is 13.0 Å². The maximum absolute atomic E-state index is 13.0. The summed E-state index contributed by atoms with van der Waals surface area (Å²) in [6.45, 7) is 2.00. The molecule has 0 fully saturated rings. The summed E-state index contributed by atoms with van der Waals surface area (Å²) in [5.74, 6) is 5.10. The molecular weight excluding hydrogens is 193 g/mol. The summed E-state index contributed by atoms with van der Waals surface area (Å²) in [5, 5.41) is 0.750. The number of nitrogens with zero attached hydrogens (tertiary/aromatic N) is 1. The molecular formula is C11H12FN3. The van der Waals surface area contributed by atoms with Crippen LogP contribution < -0.4 is 11.3 Å². The van der Waals surface area contributed by atoms with Crippen LogP contribution in [0, 0.1) is 5.82 Å². The molecule has 2 rings (SSSR count). The first kappa shape index (κ1) is 9.86. The van der Waals surface area contributed by atoms with E-state index in [0.29, 0.717) is 0 Å². The third-order valence-electron chi connectivity index (χ3n) is 2.35. The van der Waals surface area contributed by atoms with Gasteiger partial charge in [-0.05, 0) is 30.7 Å². The molecule has 78 valence electrons. The van der Waals surface area contributed by atoms with E-state index in [2.05, 4.69) is 10.4 Å². The van der Waals surface area contributed by atoms with Gasteiger partial charge >= 0.3 is 0 Å². The fourth-order valence-electron chi connectivity index (χ4n) is 1.58. The number of rotatable bonds is 2. The average molecular weight is 205 g/mol. The summed E-state index contributed by atoms with van der Waals surface area (Å²) in [7, 11) is 0. The highest BCUT2D eigenvalue weighted by molar-refractivity contribution is 5.82. The number of hydrazine groups is 1. The maximum atomic E-state index is 13.0. The lowest BCUT2D eigenvalue weighted by Crippen LogP contribution is -2.10. The molecule has 15 heavy (non-hydrogen) atoms. The molecule has 1 aromatic heterocycles.